The summed E-state index contributed by atoms with van der Waals surface area (Å²) in [7, 11) is 0. The fourth-order valence-corrected chi connectivity index (χ4v) is 1.71. The minimum absolute atomic E-state index is 0.395. The Morgan fingerprint density at radius 3 is 2.33 bits per heavy atom. The third-order valence-corrected chi connectivity index (χ3v) is 2.41. The Kier molecular flexibility index (Phi) is 3.13. The lowest BCUT2D eigenvalue weighted by Gasteiger charge is -2.25. The minimum atomic E-state index is 0.395. The average Bonchev–Trinajstić information content (AvgIpc) is 2.67. The first-order valence-corrected chi connectivity index (χ1v) is 4.97. The summed E-state index contributed by atoms with van der Waals surface area (Å²) in [5.41, 5.74) is 3.32. The van der Waals surface area contributed by atoms with Crippen LogP contribution >= 0.6 is 0 Å². The molecule has 3 N–H and O–H groups in total. The molecule has 0 heterocycles. The Bertz CT molecular complexity index is 133. The first-order valence-electron chi connectivity index (χ1n) is 4.97. The second kappa shape index (κ2) is 3.75. The van der Waals surface area contributed by atoms with Crippen molar-refractivity contribution in [2.75, 3.05) is 0 Å². The number of hydrazine groups is 1. The van der Waals surface area contributed by atoms with E-state index < -0.39 is 0 Å². The maximum absolute atomic E-state index is 5.51. The van der Waals surface area contributed by atoms with Crippen molar-refractivity contribution in [3.05, 3.63) is 0 Å². The Morgan fingerprint density at radius 1 is 1.42 bits per heavy atom. The number of rotatable bonds is 4. The van der Waals surface area contributed by atoms with Crippen molar-refractivity contribution >= 4 is 0 Å². The lowest BCUT2D eigenvalue weighted by Crippen LogP contribution is -2.38. The van der Waals surface area contributed by atoms with Crippen LogP contribution in [0.15, 0.2) is 0 Å². The van der Waals surface area contributed by atoms with Crippen molar-refractivity contribution in [2.24, 2.45) is 17.2 Å². The molecule has 1 aliphatic rings. The van der Waals surface area contributed by atoms with Crippen LogP contribution in [0.3, 0.4) is 0 Å². The molecule has 0 aromatic carbocycles. The van der Waals surface area contributed by atoms with E-state index in [2.05, 4.69) is 26.2 Å². The molecular weight excluding hydrogens is 148 g/mol. The van der Waals surface area contributed by atoms with Crippen LogP contribution in [-0.4, -0.2) is 6.04 Å². The first kappa shape index (κ1) is 10.0. The van der Waals surface area contributed by atoms with E-state index >= 15 is 0 Å². The van der Waals surface area contributed by atoms with Crippen LogP contribution in [0.5, 0.6) is 0 Å². The Hall–Kier alpha value is -0.0800. The van der Waals surface area contributed by atoms with Gasteiger partial charge in [-0.1, -0.05) is 33.6 Å². The van der Waals surface area contributed by atoms with Gasteiger partial charge in [-0.25, -0.2) is 0 Å². The largest absolute Gasteiger partial charge is 0.271 e. The highest BCUT2D eigenvalue weighted by molar-refractivity contribution is 4.81. The minimum Gasteiger partial charge on any atom is -0.271 e. The Balaban J connectivity index is 2.23. The highest BCUT2D eigenvalue weighted by atomic mass is 15.2. The summed E-state index contributed by atoms with van der Waals surface area (Å²) in [5, 5.41) is 0. The molecule has 1 unspecified atom stereocenters. The van der Waals surface area contributed by atoms with Crippen molar-refractivity contribution in [2.45, 2.75) is 52.5 Å². The summed E-state index contributed by atoms with van der Waals surface area (Å²) < 4.78 is 0. The molecule has 0 aromatic rings. The van der Waals surface area contributed by atoms with Gasteiger partial charge in [-0.05, 0) is 24.2 Å². The van der Waals surface area contributed by atoms with Gasteiger partial charge in [0.05, 0.1) is 0 Å². The number of nitrogens with two attached hydrogens (primary N) is 1. The number of hydrogen-bond donors (Lipinski definition) is 2. The zero-order chi connectivity index (χ0) is 9.19. The van der Waals surface area contributed by atoms with Crippen LogP contribution in [0, 0.1) is 11.3 Å². The predicted molar refractivity (Wildman–Crippen MR) is 52.5 cm³/mol. The lowest BCUT2D eigenvalue weighted by molar-refractivity contribution is 0.293. The standard InChI is InChI=1S/C10H22N2/c1-10(2,3)7-9(12-11)6-8-4-5-8/h8-9,12H,4-7,11H2,1-3H3. The van der Waals surface area contributed by atoms with E-state index in [1.54, 1.807) is 0 Å². The third kappa shape index (κ3) is 4.07. The second-order valence-corrected chi connectivity index (χ2v) is 5.31. The smallest absolute Gasteiger partial charge is 0.0218 e. The fourth-order valence-electron chi connectivity index (χ4n) is 1.71. The van der Waals surface area contributed by atoms with Gasteiger partial charge >= 0.3 is 0 Å². The molecule has 1 atom stereocenters. The molecule has 0 bridgehead atoms. The van der Waals surface area contributed by atoms with Crippen molar-refractivity contribution in [1.29, 1.82) is 0 Å². The van der Waals surface area contributed by atoms with Crippen LogP contribution in [0.25, 0.3) is 0 Å². The number of hydrogen-bond acceptors (Lipinski definition) is 2. The lowest BCUT2D eigenvalue weighted by atomic mass is 9.86. The third-order valence-electron chi connectivity index (χ3n) is 2.41. The van der Waals surface area contributed by atoms with E-state index in [1.807, 2.05) is 0 Å². The van der Waals surface area contributed by atoms with E-state index in [0.717, 1.165) is 5.92 Å². The summed E-state index contributed by atoms with van der Waals surface area (Å²) in [5.74, 6) is 6.47. The Morgan fingerprint density at radius 2 is 2.00 bits per heavy atom. The van der Waals surface area contributed by atoms with Crippen molar-refractivity contribution in [3.63, 3.8) is 0 Å². The second-order valence-electron chi connectivity index (χ2n) is 5.31. The highest BCUT2D eigenvalue weighted by Crippen LogP contribution is 2.35. The molecular formula is C10H22N2. The zero-order valence-electron chi connectivity index (χ0n) is 8.56. The monoisotopic (exact) mass is 170 g/mol. The van der Waals surface area contributed by atoms with Gasteiger partial charge in [-0.15, -0.1) is 0 Å². The van der Waals surface area contributed by atoms with E-state index in [4.69, 9.17) is 5.84 Å². The summed E-state index contributed by atoms with van der Waals surface area (Å²) in [6.45, 7) is 6.80. The Labute approximate surface area is 75.9 Å². The van der Waals surface area contributed by atoms with E-state index in [1.165, 1.54) is 25.7 Å². The maximum atomic E-state index is 5.51. The van der Waals surface area contributed by atoms with Gasteiger partial charge in [0.2, 0.25) is 0 Å². The quantitative estimate of drug-likeness (QED) is 0.500. The average molecular weight is 170 g/mol. The predicted octanol–water partition coefficient (Wildman–Crippen LogP) is 2.05. The van der Waals surface area contributed by atoms with Crippen LogP contribution in [0.4, 0.5) is 0 Å². The molecule has 0 aliphatic heterocycles. The molecule has 1 saturated carbocycles. The van der Waals surface area contributed by atoms with Gasteiger partial charge in [0.25, 0.3) is 0 Å². The van der Waals surface area contributed by atoms with Crippen molar-refractivity contribution in [3.8, 4) is 0 Å². The van der Waals surface area contributed by atoms with Crippen LogP contribution < -0.4 is 11.3 Å². The normalized spacial score (nSPS) is 21.0. The van der Waals surface area contributed by atoms with Gasteiger partial charge in [0.15, 0.2) is 0 Å². The van der Waals surface area contributed by atoms with E-state index in [-0.39, 0.29) is 0 Å². The maximum Gasteiger partial charge on any atom is 0.0218 e. The molecule has 1 fully saturated rings. The van der Waals surface area contributed by atoms with E-state index in [9.17, 15) is 0 Å². The van der Waals surface area contributed by atoms with Crippen LogP contribution in [0.2, 0.25) is 0 Å². The molecule has 2 heteroatoms. The molecule has 0 radical (unpaired) electrons. The van der Waals surface area contributed by atoms with Crippen molar-refractivity contribution < 1.29 is 0 Å². The molecule has 12 heavy (non-hydrogen) atoms. The van der Waals surface area contributed by atoms with Gasteiger partial charge in [-0.2, -0.15) is 0 Å². The molecule has 0 spiro atoms. The molecule has 1 rings (SSSR count). The van der Waals surface area contributed by atoms with Gasteiger partial charge < -0.3 is 0 Å². The van der Waals surface area contributed by atoms with Gasteiger partial charge in [0, 0.05) is 6.04 Å². The first-order chi connectivity index (χ1) is 5.51. The molecule has 72 valence electrons. The highest BCUT2D eigenvalue weighted by Gasteiger charge is 2.27. The van der Waals surface area contributed by atoms with Gasteiger partial charge in [-0.3, -0.25) is 11.3 Å². The molecule has 0 aromatic heterocycles. The van der Waals surface area contributed by atoms with Gasteiger partial charge in [0.1, 0.15) is 0 Å². The van der Waals surface area contributed by atoms with E-state index in [0.29, 0.717) is 11.5 Å². The summed E-state index contributed by atoms with van der Waals surface area (Å²) in [6, 6.07) is 0.525. The summed E-state index contributed by atoms with van der Waals surface area (Å²) in [4.78, 5) is 0. The van der Waals surface area contributed by atoms with Crippen molar-refractivity contribution in [1.82, 2.24) is 5.43 Å². The summed E-state index contributed by atoms with van der Waals surface area (Å²) in [6.07, 6.45) is 5.29. The van der Waals surface area contributed by atoms with Crippen LogP contribution in [0.1, 0.15) is 46.5 Å². The molecule has 2 nitrogen and oxygen atoms in total. The SMILES string of the molecule is CC(C)(C)CC(CC1CC1)NN. The zero-order valence-corrected chi connectivity index (χ0v) is 8.56. The summed E-state index contributed by atoms with van der Waals surface area (Å²) >= 11 is 0. The number of nitrogens with one attached hydrogen (secondary N) is 1. The molecule has 1 aliphatic carbocycles. The molecule has 0 amide bonds. The topological polar surface area (TPSA) is 38.0 Å². The van der Waals surface area contributed by atoms with Crippen LogP contribution in [-0.2, 0) is 0 Å². The fraction of sp³-hybridized carbons (Fsp3) is 1.00. The molecule has 0 saturated heterocycles.